The molecule has 0 aliphatic rings. The molecule has 3 aromatic heterocycles. The lowest BCUT2D eigenvalue weighted by atomic mass is 9.95. The molecule has 0 spiro atoms. The highest BCUT2D eigenvalue weighted by Gasteiger charge is 2.21. The van der Waals surface area contributed by atoms with Crippen LogP contribution in [0.2, 0.25) is 0 Å². The summed E-state index contributed by atoms with van der Waals surface area (Å²) in [6.45, 7) is 0. The van der Waals surface area contributed by atoms with E-state index in [2.05, 4.69) is 382 Å². The van der Waals surface area contributed by atoms with Crippen molar-refractivity contribution in [3.63, 3.8) is 0 Å². The van der Waals surface area contributed by atoms with E-state index < -0.39 is 0 Å². The molecule has 0 aliphatic heterocycles. The first-order chi connectivity index (χ1) is 66.3. The van der Waals surface area contributed by atoms with Crippen molar-refractivity contribution < 1.29 is 0 Å². The Bertz CT molecular complexity index is 8650. The number of aromatic nitrogens is 9. The fourth-order valence-corrected chi connectivity index (χ4v) is 18.2. The molecule has 0 amide bonds. The van der Waals surface area contributed by atoms with Gasteiger partial charge in [-0.25, -0.2) is 44.9 Å². The van der Waals surface area contributed by atoms with Gasteiger partial charge in [0.1, 0.15) is 0 Å². The fraction of sp³-hybridized carbons (Fsp3) is 0. The first-order valence-electron chi connectivity index (χ1n) is 45.1. The first-order valence-corrected chi connectivity index (χ1v) is 45.1. The van der Waals surface area contributed by atoms with Crippen LogP contribution in [0.5, 0.6) is 0 Å². The van der Waals surface area contributed by atoms with E-state index in [1.165, 1.54) is 87.1 Å². The Hall–Kier alpha value is -18.1. The molecule has 0 atom stereocenters. The topological polar surface area (TPSA) is 116 Å². The van der Waals surface area contributed by atoms with Crippen molar-refractivity contribution in [3.8, 4) is 158 Å². The lowest BCUT2D eigenvalue weighted by Crippen LogP contribution is -2.00. The van der Waals surface area contributed by atoms with Gasteiger partial charge in [0.05, 0.1) is 0 Å². The smallest absolute Gasteiger partial charge is 0.164 e. The van der Waals surface area contributed by atoms with E-state index in [4.69, 9.17) is 44.9 Å². The molecule has 0 N–H and O–H groups in total. The van der Waals surface area contributed by atoms with E-state index in [1.54, 1.807) is 0 Å². The first kappa shape index (κ1) is 80.5. The third kappa shape index (κ3) is 16.6. The number of fused-ring (bicyclic) bond motifs is 11. The molecule has 3 heterocycles. The van der Waals surface area contributed by atoms with Crippen molar-refractivity contribution in [1.82, 2.24) is 44.9 Å². The van der Waals surface area contributed by atoms with Gasteiger partial charge >= 0.3 is 0 Å². The molecule has 626 valence electrons. The molecule has 9 heteroatoms. The van der Waals surface area contributed by atoms with E-state index in [1.807, 2.05) is 109 Å². The van der Waals surface area contributed by atoms with Crippen LogP contribution in [-0.4, -0.2) is 44.9 Å². The van der Waals surface area contributed by atoms with Gasteiger partial charge in [0.25, 0.3) is 0 Å². The largest absolute Gasteiger partial charge is 0.208 e. The Balaban J connectivity index is 0.000000114. The Morgan fingerprint density at radius 2 is 0.299 bits per heavy atom. The van der Waals surface area contributed by atoms with Crippen LogP contribution in [0.4, 0.5) is 0 Å². The summed E-state index contributed by atoms with van der Waals surface area (Å²) in [4.78, 5) is 45.1. The minimum absolute atomic E-state index is 0.641. The van der Waals surface area contributed by atoms with E-state index in [0.717, 1.165) is 105 Å². The second-order valence-corrected chi connectivity index (χ2v) is 33.5. The molecule has 25 rings (SSSR count). The Kier molecular flexibility index (Phi) is 21.6. The summed E-state index contributed by atoms with van der Waals surface area (Å²) in [5.74, 6) is 5.88. The molecule has 22 aromatic carbocycles. The minimum atomic E-state index is 0.641. The van der Waals surface area contributed by atoms with Crippen molar-refractivity contribution in [2.45, 2.75) is 0 Å². The zero-order valence-corrected chi connectivity index (χ0v) is 72.8. The third-order valence-corrected chi connectivity index (χ3v) is 25.1. The fourth-order valence-electron chi connectivity index (χ4n) is 18.2. The van der Waals surface area contributed by atoms with Crippen molar-refractivity contribution in [2.24, 2.45) is 0 Å². The highest BCUT2D eigenvalue weighted by molar-refractivity contribution is 6.11. The predicted octanol–water partition coefficient (Wildman–Crippen LogP) is 32.2. The third-order valence-electron chi connectivity index (χ3n) is 25.1. The maximum atomic E-state index is 5.12. The number of hydrogen-bond acceptors (Lipinski definition) is 9. The monoisotopic (exact) mass is 1710 g/mol. The molecule has 25 aromatic rings. The van der Waals surface area contributed by atoms with E-state index in [0.29, 0.717) is 52.4 Å². The lowest BCUT2D eigenvalue weighted by Gasteiger charge is -2.13. The van der Waals surface area contributed by atoms with Crippen LogP contribution in [0.25, 0.3) is 244 Å². The molecule has 0 aliphatic carbocycles. The Labute approximate surface area is 775 Å². The molecule has 0 saturated carbocycles. The lowest BCUT2D eigenvalue weighted by molar-refractivity contribution is 1.07. The van der Waals surface area contributed by atoms with Gasteiger partial charge < -0.3 is 0 Å². The Morgan fingerprint density at radius 1 is 0.0896 bits per heavy atom. The van der Waals surface area contributed by atoms with Gasteiger partial charge in [-0.2, -0.15) is 0 Å². The van der Waals surface area contributed by atoms with Gasteiger partial charge in [0, 0.05) is 50.1 Å². The van der Waals surface area contributed by atoms with E-state index in [-0.39, 0.29) is 0 Å². The summed E-state index contributed by atoms with van der Waals surface area (Å²) in [5, 5.41) is 19.3. The molecular formula is C125H81N9. The molecule has 0 bridgehead atoms. The van der Waals surface area contributed by atoms with Crippen molar-refractivity contribution >= 4 is 86.2 Å². The maximum Gasteiger partial charge on any atom is 0.164 e. The van der Waals surface area contributed by atoms with Crippen molar-refractivity contribution in [3.05, 3.63) is 491 Å². The zero-order valence-electron chi connectivity index (χ0n) is 72.8. The van der Waals surface area contributed by atoms with Crippen LogP contribution in [0.15, 0.2) is 491 Å². The average Bonchev–Trinajstić information content (AvgIpc) is 0.772. The second-order valence-electron chi connectivity index (χ2n) is 33.5. The summed E-state index contributed by atoms with van der Waals surface area (Å²) in [5.41, 5.74) is 20.2. The van der Waals surface area contributed by atoms with Gasteiger partial charge in [-0.3, -0.25) is 0 Å². The molecule has 0 unspecified atom stereocenters. The number of hydrogen-bond donors (Lipinski definition) is 0. The van der Waals surface area contributed by atoms with Crippen LogP contribution in [0.3, 0.4) is 0 Å². The quantitative estimate of drug-likeness (QED) is 0.0981. The molecular weight excluding hydrogens is 1630 g/mol. The SMILES string of the molecule is c1ccc(-c2cc(-c3ccccc3)cc(-c3nc(-c4ccccc4)nc(-c4ccc5c(ccc6ccccc65)c4)n3)c2)cc1.c1ccc(-c2ccc(-c3ccc(-c4nc(-c5ccccc5)nc(-c5ccc6c(ccc7ccccc76)c5)n4)cc3)cc2)cc1.c1ccc(-c2nc(-c3ccc4ccccc4c3)nc(-c3cccc4cc(-c5ccc6c(ccc7ccccc76)c5)ccc34)n2)cc1. The highest BCUT2D eigenvalue weighted by atomic mass is 15.1. The van der Waals surface area contributed by atoms with Crippen LogP contribution < -0.4 is 0 Å². The summed E-state index contributed by atoms with van der Waals surface area (Å²) >= 11 is 0. The van der Waals surface area contributed by atoms with Gasteiger partial charge in [0.2, 0.25) is 0 Å². The maximum absolute atomic E-state index is 5.12. The van der Waals surface area contributed by atoms with Gasteiger partial charge in [-0.15, -0.1) is 0 Å². The molecule has 9 nitrogen and oxygen atoms in total. The summed E-state index contributed by atoms with van der Waals surface area (Å²) in [6.07, 6.45) is 0. The molecule has 0 fully saturated rings. The second kappa shape index (κ2) is 35.9. The normalized spacial score (nSPS) is 11.3. The van der Waals surface area contributed by atoms with Crippen LogP contribution in [0.1, 0.15) is 0 Å². The summed E-state index contributed by atoms with van der Waals surface area (Å²) in [7, 11) is 0. The van der Waals surface area contributed by atoms with Gasteiger partial charge in [-0.1, -0.05) is 443 Å². The number of nitrogens with zero attached hydrogens (tertiary/aromatic N) is 9. The average molecular weight is 1710 g/mol. The number of rotatable bonds is 14. The van der Waals surface area contributed by atoms with E-state index in [9.17, 15) is 0 Å². The van der Waals surface area contributed by atoms with Crippen LogP contribution >= 0.6 is 0 Å². The minimum Gasteiger partial charge on any atom is -0.208 e. The highest BCUT2D eigenvalue weighted by Crippen LogP contribution is 2.41. The van der Waals surface area contributed by atoms with Crippen molar-refractivity contribution in [1.29, 1.82) is 0 Å². The van der Waals surface area contributed by atoms with Gasteiger partial charge in [0.15, 0.2) is 52.4 Å². The summed E-state index contributed by atoms with van der Waals surface area (Å²) in [6, 6.07) is 172. The zero-order chi connectivity index (χ0) is 89.0. The standard InChI is InChI=1S/C43H27N3.2C41H27N3/c1-2-11-30(12-3-1)41-44-42(36-20-17-28-9-4-5-13-31(28)27-36)46-43(45-41)40-16-8-14-34-25-32(22-24-39(34)40)33-21-23-38-35(26-33)19-18-29-10-6-7-15-37(29)38;1-4-12-28(13-5-1)34-25-35(29-14-6-2-7-15-29)27-36(26-34)41-43-39(31-17-8-3-9-18-31)42-40(44-41)33-22-23-38-32(24-33)21-20-30-16-10-11-19-37(30)38;1-3-9-28(10-4-1)29-15-17-30(18-16-29)31-19-22-34(23-20-31)40-42-39(33-12-5-2-6-13-33)43-41(44-40)36-25-26-38-35(27-36)24-21-32-11-7-8-14-37(32)38/h1-27H;2*1-27H. The van der Waals surface area contributed by atoms with E-state index >= 15 is 0 Å². The number of benzene rings is 22. The molecule has 0 saturated heterocycles. The molecule has 134 heavy (non-hydrogen) atoms. The summed E-state index contributed by atoms with van der Waals surface area (Å²) < 4.78 is 0. The molecule has 0 radical (unpaired) electrons. The van der Waals surface area contributed by atoms with Gasteiger partial charge in [-0.05, 0) is 190 Å². The van der Waals surface area contributed by atoms with Crippen LogP contribution in [0, 0.1) is 0 Å². The van der Waals surface area contributed by atoms with Crippen LogP contribution in [-0.2, 0) is 0 Å². The Morgan fingerprint density at radius 3 is 0.687 bits per heavy atom. The van der Waals surface area contributed by atoms with Crippen molar-refractivity contribution in [2.75, 3.05) is 0 Å². The predicted molar refractivity (Wildman–Crippen MR) is 556 cm³/mol.